The summed E-state index contributed by atoms with van der Waals surface area (Å²) in [7, 11) is 0. The monoisotopic (exact) mass is 139 g/mol. The van der Waals surface area contributed by atoms with E-state index >= 15 is 0 Å². The fourth-order valence-electron chi connectivity index (χ4n) is 1.49. The van der Waals surface area contributed by atoms with Gasteiger partial charge < -0.3 is 5.32 Å². The van der Waals surface area contributed by atoms with Crippen LogP contribution in [-0.2, 0) is 0 Å². The summed E-state index contributed by atoms with van der Waals surface area (Å²) in [6, 6.07) is 1.55. The lowest BCUT2D eigenvalue weighted by Gasteiger charge is -2.14. The molecule has 2 heteroatoms. The van der Waals surface area contributed by atoms with E-state index in [9.17, 15) is 0 Å². The van der Waals surface area contributed by atoms with Gasteiger partial charge in [-0.3, -0.25) is 0 Å². The largest absolute Gasteiger partial charge is 0.310 e. The van der Waals surface area contributed by atoms with Crippen LogP contribution >= 0.6 is 0 Å². The molecule has 2 atom stereocenters. The molecule has 0 bridgehead atoms. The molecular weight excluding hydrogens is 124 g/mol. The van der Waals surface area contributed by atoms with Crippen molar-refractivity contribution in [3.05, 3.63) is 0 Å². The molecule has 0 amide bonds. The summed E-state index contributed by atoms with van der Waals surface area (Å²) >= 11 is 0. The first-order valence-corrected chi connectivity index (χ1v) is 4.25. The van der Waals surface area contributed by atoms with E-state index in [-0.39, 0.29) is 0 Å². The predicted molar refractivity (Wildman–Crippen MR) is 41.0 cm³/mol. The molecule has 1 heterocycles. The van der Waals surface area contributed by atoms with E-state index in [0.717, 1.165) is 25.0 Å². The minimum absolute atomic E-state index is 0.701. The Hall–Kier alpha value is -0.0800. The van der Waals surface area contributed by atoms with Crippen LogP contribution in [0, 0.1) is 5.92 Å². The van der Waals surface area contributed by atoms with Crippen LogP contribution in [0.1, 0.15) is 19.8 Å². The Kier molecular flexibility index (Phi) is 1.66. The van der Waals surface area contributed by atoms with Gasteiger partial charge in [0.15, 0.2) is 0 Å². The standard InChI is InChI=1S/C8H15N2/c1-6-4-9-5-8(6)10-7-2-3-7/h6-8,10H,2-5H2,1H3. The van der Waals surface area contributed by atoms with Crippen LogP contribution in [0.5, 0.6) is 0 Å². The van der Waals surface area contributed by atoms with Crippen LogP contribution in [0.4, 0.5) is 0 Å². The Labute approximate surface area is 62.4 Å². The van der Waals surface area contributed by atoms with Gasteiger partial charge in [-0.2, -0.15) is 0 Å². The third kappa shape index (κ3) is 1.32. The lowest BCUT2D eigenvalue weighted by atomic mass is 10.1. The quantitative estimate of drug-likeness (QED) is 0.587. The average Bonchev–Trinajstić information content (AvgIpc) is 2.62. The van der Waals surface area contributed by atoms with E-state index in [4.69, 9.17) is 0 Å². The first kappa shape index (κ1) is 6.62. The molecule has 2 unspecified atom stereocenters. The van der Waals surface area contributed by atoms with E-state index in [0.29, 0.717) is 6.04 Å². The highest BCUT2D eigenvalue weighted by Gasteiger charge is 2.30. The van der Waals surface area contributed by atoms with E-state index in [1.807, 2.05) is 0 Å². The van der Waals surface area contributed by atoms with Gasteiger partial charge in [0, 0.05) is 25.2 Å². The first-order chi connectivity index (χ1) is 4.86. The van der Waals surface area contributed by atoms with Crippen molar-refractivity contribution in [3.8, 4) is 0 Å². The molecule has 0 spiro atoms. The molecule has 2 nitrogen and oxygen atoms in total. The Morgan fingerprint density at radius 2 is 2.10 bits per heavy atom. The number of nitrogens with one attached hydrogen (secondary N) is 1. The molecule has 57 valence electrons. The molecule has 2 fully saturated rings. The highest BCUT2D eigenvalue weighted by molar-refractivity contribution is 4.91. The summed E-state index contributed by atoms with van der Waals surface area (Å²) in [6.45, 7) is 4.42. The summed E-state index contributed by atoms with van der Waals surface area (Å²) < 4.78 is 0. The molecule has 0 aromatic heterocycles. The molecule has 1 radical (unpaired) electrons. The highest BCUT2D eigenvalue weighted by atomic mass is 15.1. The van der Waals surface area contributed by atoms with Gasteiger partial charge in [-0.25, -0.2) is 5.32 Å². The van der Waals surface area contributed by atoms with Gasteiger partial charge in [0.1, 0.15) is 0 Å². The zero-order chi connectivity index (χ0) is 6.97. The first-order valence-electron chi connectivity index (χ1n) is 4.25. The van der Waals surface area contributed by atoms with Crippen LogP contribution < -0.4 is 10.6 Å². The maximum Gasteiger partial charge on any atom is 0.0290 e. The van der Waals surface area contributed by atoms with Crippen molar-refractivity contribution in [1.82, 2.24) is 10.6 Å². The Morgan fingerprint density at radius 1 is 1.30 bits per heavy atom. The molecule has 0 aromatic carbocycles. The van der Waals surface area contributed by atoms with Crippen LogP contribution in [0.25, 0.3) is 0 Å². The summed E-state index contributed by atoms with van der Waals surface area (Å²) in [6.07, 6.45) is 2.78. The zero-order valence-corrected chi connectivity index (χ0v) is 6.51. The van der Waals surface area contributed by atoms with Crippen LogP contribution in [0.2, 0.25) is 0 Å². The summed E-state index contributed by atoms with van der Waals surface area (Å²) in [5.41, 5.74) is 0. The normalized spacial score (nSPS) is 40.5. The fraction of sp³-hybridized carbons (Fsp3) is 1.00. The van der Waals surface area contributed by atoms with Crippen molar-refractivity contribution in [2.24, 2.45) is 5.92 Å². The maximum absolute atomic E-state index is 4.36. The van der Waals surface area contributed by atoms with Crippen LogP contribution in [0.3, 0.4) is 0 Å². The topological polar surface area (TPSA) is 26.1 Å². The van der Waals surface area contributed by atoms with E-state index in [2.05, 4.69) is 17.6 Å². The molecule has 10 heavy (non-hydrogen) atoms. The third-order valence-corrected chi connectivity index (χ3v) is 2.46. The van der Waals surface area contributed by atoms with Crippen LogP contribution in [0.15, 0.2) is 0 Å². The number of hydrogen-bond donors (Lipinski definition) is 1. The smallest absolute Gasteiger partial charge is 0.0290 e. The Morgan fingerprint density at radius 3 is 2.60 bits per heavy atom. The van der Waals surface area contributed by atoms with Gasteiger partial charge in [0.2, 0.25) is 0 Å². The second-order valence-corrected chi connectivity index (χ2v) is 3.61. The molecule has 2 rings (SSSR count). The summed E-state index contributed by atoms with van der Waals surface area (Å²) in [5.74, 6) is 0.778. The van der Waals surface area contributed by atoms with E-state index in [1.54, 1.807) is 0 Å². The molecule has 1 saturated heterocycles. The van der Waals surface area contributed by atoms with Crippen molar-refractivity contribution in [1.29, 1.82) is 0 Å². The van der Waals surface area contributed by atoms with Gasteiger partial charge >= 0.3 is 0 Å². The van der Waals surface area contributed by atoms with Gasteiger partial charge in [-0.1, -0.05) is 6.92 Å². The molecule has 1 saturated carbocycles. The van der Waals surface area contributed by atoms with Gasteiger partial charge in [-0.15, -0.1) is 0 Å². The highest BCUT2D eigenvalue weighted by Crippen LogP contribution is 2.22. The molecule has 1 aliphatic carbocycles. The number of nitrogens with zero attached hydrogens (tertiary/aromatic N) is 1. The minimum atomic E-state index is 0.701. The van der Waals surface area contributed by atoms with Gasteiger partial charge in [-0.05, 0) is 18.8 Å². The second-order valence-electron chi connectivity index (χ2n) is 3.61. The van der Waals surface area contributed by atoms with E-state index < -0.39 is 0 Å². The van der Waals surface area contributed by atoms with Crippen molar-refractivity contribution in [2.45, 2.75) is 31.8 Å². The van der Waals surface area contributed by atoms with Crippen LogP contribution in [-0.4, -0.2) is 25.2 Å². The molecule has 0 aromatic rings. The lowest BCUT2D eigenvalue weighted by Crippen LogP contribution is -2.36. The Balaban J connectivity index is 1.79. The zero-order valence-electron chi connectivity index (χ0n) is 6.51. The lowest BCUT2D eigenvalue weighted by molar-refractivity contribution is 0.451. The second kappa shape index (κ2) is 2.51. The van der Waals surface area contributed by atoms with Crippen molar-refractivity contribution >= 4 is 0 Å². The minimum Gasteiger partial charge on any atom is -0.310 e. The van der Waals surface area contributed by atoms with Gasteiger partial charge in [0.05, 0.1) is 0 Å². The van der Waals surface area contributed by atoms with Crippen molar-refractivity contribution in [3.63, 3.8) is 0 Å². The SMILES string of the molecule is CC1C[N]CC1NC1CC1. The third-order valence-electron chi connectivity index (χ3n) is 2.46. The molecule has 2 aliphatic rings. The molecule has 1 N–H and O–H groups in total. The summed E-state index contributed by atoms with van der Waals surface area (Å²) in [4.78, 5) is 0. The average molecular weight is 139 g/mol. The number of hydrogen-bond acceptors (Lipinski definition) is 1. The predicted octanol–water partition coefficient (Wildman–Crippen LogP) is 0.361. The number of rotatable bonds is 2. The molecule has 1 aliphatic heterocycles. The van der Waals surface area contributed by atoms with Gasteiger partial charge in [0.25, 0.3) is 0 Å². The van der Waals surface area contributed by atoms with E-state index in [1.165, 1.54) is 12.8 Å². The summed E-state index contributed by atoms with van der Waals surface area (Å²) in [5, 5.41) is 7.97. The maximum atomic E-state index is 4.36. The van der Waals surface area contributed by atoms with Crippen molar-refractivity contribution < 1.29 is 0 Å². The fourth-order valence-corrected chi connectivity index (χ4v) is 1.49. The Bertz CT molecular complexity index is 120. The van der Waals surface area contributed by atoms with Crippen molar-refractivity contribution in [2.75, 3.05) is 13.1 Å². The molecular formula is C8H15N2.